The summed E-state index contributed by atoms with van der Waals surface area (Å²) < 4.78 is 3.11. The number of aromatic nitrogens is 1. The van der Waals surface area contributed by atoms with Crippen molar-refractivity contribution in [1.29, 1.82) is 0 Å². The molecule has 3 rings (SSSR count). The van der Waals surface area contributed by atoms with E-state index in [1.54, 1.807) is 11.3 Å². The number of rotatable bonds is 4. The Hall–Kier alpha value is -1.77. The van der Waals surface area contributed by atoms with Gasteiger partial charge in [0.1, 0.15) is 11.7 Å². The van der Waals surface area contributed by atoms with Gasteiger partial charge in [0.15, 0.2) is 5.78 Å². The lowest BCUT2D eigenvalue weighted by Crippen LogP contribution is -3.00. The Kier molecular flexibility index (Phi) is 6.09. The van der Waals surface area contributed by atoms with Crippen LogP contribution in [0.15, 0.2) is 42.5 Å². The van der Waals surface area contributed by atoms with E-state index in [4.69, 9.17) is 11.5 Å². The van der Waals surface area contributed by atoms with Gasteiger partial charge in [-0.3, -0.25) is 4.79 Å². The fraction of sp³-hybridized carbons (Fsp3) is 0.111. The van der Waals surface area contributed by atoms with Crippen molar-refractivity contribution < 1.29 is 33.3 Å². The number of hydrogen-bond donors (Lipinski definition) is 2. The predicted octanol–water partition coefficient (Wildman–Crippen LogP) is -0.376. The number of Topliss-reactive ketones (excluding diaryl/α,β-unsaturated/α-hetero) is 1. The first-order valence-electron chi connectivity index (χ1n) is 7.28. The molecular weight excluding hydrogens is 433 g/mol. The largest absolute Gasteiger partial charge is 1.00 e. The summed E-state index contributed by atoms with van der Waals surface area (Å²) in [4.78, 5) is 12.0. The highest BCUT2D eigenvalue weighted by molar-refractivity contribution is 7.19. The third-order valence-corrected chi connectivity index (χ3v) is 4.89. The summed E-state index contributed by atoms with van der Waals surface area (Å²) in [6.07, 6.45) is 4.08. The van der Waals surface area contributed by atoms with Gasteiger partial charge >= 0.3 is 0 Å². The van der Waals surface area contributed by atoms with Crippen molar-refractivity contribution in [3.05, 3.63) is 58.6 Å². The second-order valence-electron chi connectivity index (χ2n) is 5.28. The van der Waals surface area contributed by atoms with Crippen LogP contribution in [0.25, 0.3) is 22.4 Å². The van der Waals surface area contributed by atoms with Gasteiger partial charge in [-0.05, 0) is 35.9 Å². The van der Waals surface area contributed by atoms with Crippen LogP contribution < -0.4 is 40.0 Å². The van der Waals surface area contributed by atoms with E-state index in [-0.39, 0.29) is 36.3 Å². The molecule has 2 aromatic carbocycles. The van der Waals surface area contributed by atoms with Crippen molar-refractivity contribution >= 4 is 45.2 Å². The number of para-hydroxylation sites is 1. The van der Waals surface area contributed by atoms with E-state index in [1.165, 1.54) is 0 Å². The number of hydrogen-bond acceptors (Lipinski definition) is 4. The quantitative estimate of drug-likeness (QED) is 0.246. The van der Waals surface area contributed by atoms with Crippen LogP contribution in [0, 0.1) is 0 Å². The zero-order chi connectivity index (χ0) is 16.4. The summed E-state index contributed by atoms with van der Waals surface area (Å²) in [7, 11) is 1.97. The van der Waals surface area contributed by atoms with Crippen LogP contribution in [0.1, 0.15) is 20.9 Å². The highest BCUT2D eigenvalue weighted by atomic mass is 127. The third-order valence-electron chi connectivity index (χ3n) is 3.72. The molecule has 124 valence electrons. The Labute approximate surface area is 161 Å². The van der Waals surface area contributed by atoms with E-state index >= 15 is 0 Å². The van der Waals surface area contributed by atoms with Crippen LogP contribution in [-0.4, -0.2) is 12.3 Å². The normalized spacial score (nSPS) is 10.9. The van der Waals surface area contributed by atoms with Crippen molar-refractivity contribution in [3.8, 4) is 0 Å². The van der Waals surface area contributed by atoms with Crippen molar-refractivity contribution in [3.63, 3.8) is 0 Å². The molecule has 0 atom stereocenters. The van der Waals surface area contributed by atoms with Crippen LogP contribution in [0.5, 0.6) is 0 Å². The molecule has 0 bridgehead atoms. The molecule has 0 radical (unpaired) electrons. The average molecular weight is 451 g/mol. The summed E-state index contributed by atoms with van der Waals surface area (Å²) in [5, 5.41) is 1.06. The minimum absolute atomic E-state index is 0. The molecule has 0 amide bonds. The summed E-state index contributed by atoms with van der Waals surface area (Å²) in [6, 6.07) is 13.5. The molecule has 24 heavy (non-hydrogen) atoms. The van der Waals surface area contributed by atoms with E-state index in [0.29, 0.717) is 5.56 Å². The predicted molar refractivity (Wildman–Crippen MR) is 96.2 cm³/mol. The third kappa shape index (κ3) is 3.66. The zero-order valence-corrected chi connectivity index (χ0v) is 16.2. The first kappa shape index (κ1) is 18.6. The Morgan fingerprint density at radius 3 is 2.54 bits per heavy atom. The molecular formula is C18H18IN3OS. The van der Waals surface area contributed by atoms with Gasteiger partial charge in [0.05, 0.1) is 12.1 Å². The maximum Gasteiger partial charge on any atom is 0.262 e. The van der Waals surface area contributed by atoms with Gasteiger partial charge < -0.3 is 35.4 Å². The van der Waals surface area contributed by atoms with Gasteiger partial charge in [-0.15, -0.1) is 0 Å². The van der Waals surface area contributed by atoms with Crippen LogP contribution in [-0.2, 0) is 7.05 Å². The minimum Gasteiger partial charge on any atom is -1.00 e. The van der Waals surface area contributed by atoms with Crippen LogP contribution in [0.3, 0.4) is 0 Å². The number of nitrogen functional groups attached to an aromatic ring is 1. The Morgan fingerprint density at radius 2 is 1.88 bits per heavy atom. The number of carbonyl (C=O) groups is 1. The average Bonchev–Trinajstić information content (AvgIpc) is 2.90. The molecule has 0 aliphatic carbocycles. The molecule has 0 spiro atoms. The highest BCUT2D eigenvalue weighted by Gasteiger charge is 2.21. The number of benzene rings is 2. The summed E-state index contributed by atoms with van der Waals surface area (Å²) >= 11 is 1.65. The number of carbonyl (C=O) groups excluding carboxylic acids is 1. The Bertz CT molecular complexity index is 901. The van der Waals surface area contributed by atoms with Crippen LogP contribution in [0.4, 0.5) is 5.69 Å². The van der Waals surface area contributed by atoms with Crippen LogP contribution >= 0.6 is 11.3 Å². The first-order chi connectivity index (χ1) is 11.1. The lowest BCUT2D eigenvalue weighted by Gasteiger charge is -1.97. The van der Waals surface area contributed by atoms with Gasteiger partial charge in [-0.25, -0.2) is 0 Å². The second-order valence-corrected chi connectivity index (χ2v) is 6.34. The molecule has 0 unspecified atom stereocenters. The number of thiazole rings is 1. The zero-order valence-electron chi connectivity index (χ0n) is 13.2. The minimum atomic E-state index is -0.0435. The van der Waals surface area contributed by atoms with Crippen molar-refractivity contribution in [2.45, 2.75) is 0 Å². The van der Waals surface area contributed by atoms with Gasteiger partial charge in [-0.2, -0.15) is 4.57 Å². The van der Waals surface area contributed by atoms with Gasteiger partial charge in [-0.1, -0.05) is 29.5 Å². The van der Waals surface area contributed by atoms with Gasteiger partial charge in [0.2, 0.25) is 5.52 Å². The molecule has 3 aromatic rings. The standard InChI is InChI=1S/C18H17N3OS.HI/c1-21-17(10-7-12-5-8-13(20)9-6-12)23-16-4-2-3-14(18(16)21)15(22)11-19;/h2-10,20H,11,19H2,1H3;1H. The smallest absolute Gasteiger partial charge is 0.262 e. The molecule has 4 nitrogen and oxygen atoms in total. The molecule has 0 saturated heterocycles. The number of fused-ring (bicyclic) bond motifs is 1. The van der Waals surface area contributed by atoms with Crippen molar-refractivity contribution in [2.75, 3.05) is 12.3 Å². The Morgan fingerprint density at radius 1 is 1.17 bits per heavy atom. The molecule has 0 saturated carbocycles. The summed E-state index contributed by atoms with van der Waals surface area (Å²) in [5.74, 6) is -0.0435. The monoisotopic (exact) mass is 451 g/mol. The molecule has 4 N–H and O–H groups in total. The maximum atomic E-state index is 12.0. The summed E-state index contributed by atoms with van der Waals surface area (Å²) in [5.41, 5.74) is 14.7. The van der Waals surface area contributed by atoms with E-state index < -0.39 is 0 Å². The van der Waals surface area contributed by atoms with Gasteiger partial charge in [0, 0.05) is 11.8 Å². The first-order valence-corrected chi connectivity index (χ1v) is 8.10. The fourth-order valence-corrected chi connectivity index (χ4v) is 3.58. The number of ketones is 1. The lowest BCUT2D eigenvalue weighted by atomic mass is 10.1. The molecule has 1 heterocycles. The van der Waals surface area contributed by atoms with E-state index in [1.807, 2.05) is 66.2 Å². The van der Waals surface area contributed by atoms with Gasteiger partial charge in [0.25, 0.3) is 5.01 Å². The fourth-order valence-electron chi connectivity index (χ4n) is 2.50. The van der Waals surface area contributed by atoms with E-state index in [2.05, 4.69) is 0 Å². The topological polar surface area (TPSA) is 73.0 Å². The van der Waals surface area contributed by atoms with Crippen molar-refractivity contribution in [2.24, 2.45) is 12.8 Å². The van der Waals surface area contributed by atoms with E-state index in [0.717, 1.165) is 26.5 Å². The number of nitrogens with two attached hydrogens (primary N) is 2. The van der Waals surface area contributed by atoms with Crippen LogP contribution in [0.2, 0.25) is 0 Å². The number of anilines is 1. The number of halogens is 1. The van der Waals surface area contributed by atoms with E-state index in [9.17, 15) is 4.79 Å². The SMILES string of the molecule is C[n+]1c(C=Cc2ccc(N)cc2)sc2cccc(C(=O)CN)c21.[I-]. The molecule has 1 aromatic heterocycles. The number of aryl methyl sites for hydroxylation is 1. The van der Waals surface area contributed by atoms with Crippen molar-refractivity contribution in [1.82, 2.24) is 0 Å². The highest BCUT2D eigenvalue weighted by Crippen LogP contribution is 2.24. The molecule has 0 aliphatic rings. The Balaban J connectivity index is 0.00000208. The molecule has 0 aliphatic heterocycles. The molecule has 0 fully saturated rings. The second kappa shape index (κ2) is 7.87. The summed E-state index contributed by atoms with van der Waals surface area (Å²) in [6.45, 7) is 0.0194. The number of nitrogens with zero attached hydrogens (tertiary/aromatic N) is 1. The lowest BCUT2D eigenvalue weighted by molar-refractivity contribution is -0.642. The molecule has 6 heteroatoms. The maximum absolute atomic E-state index is 12.0.